The Morgan fingerprint density at radius 3 is 2.44 bits per heavy atom. The predicted octanol–water partition coefficient (Wildman–Crippen LogP) is 3.31. The molecule has 0 aliphatic carbocycles. The van der Waals surface area contributed by atoms with Crippen LogP contribution in [0.5, 0.6) is 0 Å². The van der Waals surface area contributed by atoms with Gasteiger partial charge in [0, 0.05) is 11.7 Å². The molecule has 1 aromatic carbocycles. The van der Waals surface area contributed by atoms with E-state index in [1.807, 2.05) is 6.92 Å². The van der Waals surface area contributed by atoms with Crippen LogP contribution in [0, 0.1) is 0 Å². The van der Waals surface area contributed by atoms with Crippen molar-refractivity contribution in [2.45, 2.75) is 39.4 Å². The summed E-state index contributed by atoms with van der Waals surface area (Å²) in [4.78, 5) is 12.7. The average molecular weight is 223 g/mol. The fourth-order valence-electron chi connectivity index (χ4n) is 1.73. The standard InChI is InChI=1S/C13H18FNO/c1-3-4-11(2)15(10-16)13-7-5-12(9-14)6-8-13/h5-8,10-11H,3-4,9H2,1-2H3. The van der Waals surface area contributed by atoms with Crippen LogP contribution in [0.1, 0.15) is 32.3 Å². The molecule has 0 saturated carbocycles. The molecule has 1 rings (SSSR count). The van der Waals surface area contributed by atoms with Gasteiger partial charge < -0.3 is 4.90 Å². The summed E-state index contributed by atoms with van der Waals surface area (Å²) in [6.45, 7) is 3.64. The monoisotopic (exact) mass is 223 g/mol. The van der Waals surface area contributed by atoms with Crippen LogP contribution >= 0.6 is 0 Å². The Labute approximate surface area is 96.1 Å². The lowest BCUT2D eigenvalue weighted by molar-refractivity contribution is -0.107. The Kier molecular flexibility index (Phi) is 4.96. The lowest BCUT2D eigenvalue weighted by Crippen LogP contribution is -2.31. The molecular weight excluding hydrogens is 205 g/mol. The molecule has 0 N–H and O–H groups in total. The van der Waals surface area contributed by atoms with Crippen LogP contribution in [0.4, 0.5) is 10.1 Å². The first-order valence-electron chi connectivity index (χ1n) is 5.61. The summed E-state index contributed by atoms with van der Waals surface area (Å²) in [5, 5.41) is 0. The van der Waals surface area contributed by atoms with E-state index in [1.54, 1.807) is 29.2 Å². The highest BCUT2D eigenvalue weighted by molar-refractivity contribution is 5.75. The first-order valence-corrected chi connectivity index (χ1v) is 5.61. The maximum Gasteiger partial charge on any atom is 0.214 e. The molecule has 16 heavy (non-hydrogen) atoms. The van der Waals surface area contributed by atoms with Gasteiger partial charge in [0.05, 0.1) is 0 Å². The van der Waals surface area contributed by atoms with Crippen LogP contribution in [0.3, 0.4) is 0 Å². The van der Waals surface area contributed by atoms with Crippen LogP contribution in [0.25, 0.3) is 0 Å². The van der Waals surface area contributed by atoms with Crippen molar-refractivity contribution in [3.8, 4) is 0 Å². The normalized spacial score (nSPS) is 12.2. The molecule has 0 bridgehead atoms. The van der Waals surface area contributed by atoms with E-state index >= 15 is 0 Å². The van der Waals surface area contributed by atoms with E-state index in [9.17, 15) is 9.18 Å². The van der Waals surface area contributed by atoms with E-state index < -0.39 is 6.67 Å². The number of anilines is 1. The highest BCUT2D eigenvalue weighted by atomic mass is 19.1. The van der Waals surface area contributed by atoms with Crippen molar-refractivity contribution in [3.63, 3.8) is 0 Å². The molecule has 1 aromatic rings. The molecule has 0 aliphatic rings. The molecule has 1 unspecified atom stereocenters. The minimum atomic E-state index is -0.466. The van der Waals surface area contributed by atoms with Crippen molar-refractivity contribution >= 4 is 12.1 Å². The Balaban J connectivity index is 2.82. The molecule has 88 valence electrons. The average Bonchev–Trinajstić information content (AvgIpc) is 2.31. The van der Waals surface area contributed by atoms with Gasteiger partial charge in [0.15, 0.2) is 0 Å². The summed E-state index contributed by atoms with van der Waals surface area (Å²) in [6.07, 6.45) is 2.84. The molecule has 0 saturated heterocycles. The van der Waals surface area contributed by atoms with E-state index in [1.165, 1.54) is 0 Å². The maximum atomic E-state index is 12.3. The van der Waals surface area contributed by atoms with Gasteiger partial charge in [0.25, 0.3) is 0 Å². The Morgan fingerprint density at radius 2 is 2.00 bits per heavy atom. The zero-order valence-electron chi connectivity index (χ0n) is 9.82. The molecular formula is C13H18FNO. The first-order chi connectivity index (χ1) is 7.72. The van der Waals surface area contributed by atoms with E-state index in [-0.39, 0.29) is 6.04 Å². The molecule has 0 aliphatic heterocycles. The number of carbonyl (C=O) groups excluding carboxylic acids is 1. The van der Waals surface area contributed by atoms with Crippen molar-refractivity contribution in [2.75, 3.05) is 4.90 Å². The molecule has 0 radical (unpaired) electrons. The highest BCUT2D eigenvalue weighted by Gasteiger charge is 2.12. The van der Waals surface area contributed by atoms with Gasteiger partial charge in [-0.05, 0) is 31.0 Å². The fraction of sp³-hybridized carbons (Fsp3) is 0.462. The van der Waals surface area contributed by atoms with Gasteiger partial charge >= 0.3 is 0 Å². The third kappa shape index (κ3) is 3.05. The van der Waals surface area contributed by atoms with Gasteiger partial charge in [-0.1, -0.05) is 25.5 Å². The SMILES string of the molecule is CCCC(C)N(C=O)c1ccc(CF)cc1. The number of hydrogen-bond donors (Lipinski definition) is 0. The third-order valence-corrected chi connectivity index (χ3v) is 2.68. The summed E-state index contributed by atoms with van der Waals surface area (Å²) >= 11 is 0. The van der Waals surface area contributed by atoms with Crippen LogP contribution in [-0.2, 0) is 11.5 Å². The number of nitrogens with zero attached hydrogens (tertiary/aromatic N) is 1. The van der Waals surface area contributed by atoms with Gasteiger partial charge in [-0.2, -0.15) is 0 Å². The van der Waals surface area contributed by atoms with Gasteiger partial charge in [-0.15, -0.1) is 0 Å². The minimum Gasteiger partial charge on any atom is -0.312 e. The van der Waals surface area contributed by atoms with E-state index in [2.05, 4.69) is 6.92 Å². The minimum absolute atomic E-state index is 0.179. The van der Waals surface area contributed by atoms with Crippen LogP contribution in [0.15, 0.2) is 24.3 Å². The van der Waals surface area contributed by atoms with Gasteiger partial charge in [-0.3, -0.25) is 4.79 Å². The van der Waals surface area contributed by atoms with E-state index in [0.29, 0.717) is 5.56 Å². The highest BCUT2D eigenvalue weighted by Crippen LogP contribution is 2.18. The lowest BCUT2D eigenvalue weighted by Gasteiger charge is -2.24. The van der Waals surface area contributed by atoms with Crippen molar-refractivity contribution in [1.82, 2.24) is 0 Å². The number of alkyl halides is 1. The third-order valence-electron chi connectivity index (χ3n) is 2.68. The number of rotatable bonds is 6. The second-order valence-electron chi connectivity index (χ2n) is 3.95. The Hall–Kier alpha value is -1.38. The number of halogens is 1. The molecule has 3 heteroatoms. The molecule has 0 fully saturated rings. The van der Waals surface area contributed by atoms with Crippen LogP contribution in [-0.4, -0.2) is 12.5 Å². The largest absolute Gasteiger partial charge is 0.312 e. The fourth-order valence-corrected chi connectivity index (χ4v) is 1.73. The molecule has 0 spiro atoms. The molecule has 1 amide bonds. The zero-order chi connectivity index (χ0) is 12.0. The van der Waals surface area contributed by atoms with Gasteiger partial charge in [-0.25, -0.2) is 4.39 Å². The number of hydrogen-bond acceptors (Lipinski definition) is 1. The number of amides is 1. The zero-order valence-corrected chi connectivity index (χ0v) is 9.82. The summed E-state index contributed by atoms with van der Waals surface area (Å²) < 4.78 is 12.3. The summed E-state index contributed by atoms with van der Waals surface area (Å²) in [6, 6.07) is 7.18. The van der Waals surface area contributed by atoms with Crippen molar-refractivity contribution in [1.29, 1.82) is 0 Å². The van der Waals surface area contributed by atoms with Crippen LogP contribution < -0.4 is 4.90 Å². The summed E-state index contributed by atoms with van der Waals surface area (Å²) in [7, 11) is 0. The van der Waals surface area contributed by atoms with E-state index in [4.69, 9.17) is 0 Å². The molecule has 0 heterocycles. The summed E-state index contributed by atoms with van der Waals surface area (Å²) in [5.74, 6) is 0. The Morgan fingerprint density at radius 1 is 1.38 bits per heavy atom. The number of carbonyl (C=O) groups is 1. The van der Waals surface area contributed by atoms with Crippen molar-refractivity contribution in [2.24, 2.45) is 0 Å². The quantitative estimate of drug-likeness (QED) is 0.677. The van der Waals surface area contributed by atoms with Crippen molar-refractivity contribution in [3.05, 3.63) is 29.8 Å². The molecule has 0 aromatic heterocycles. The van der Waals surface area contributed by atoms with Gasteiger partial charge in [0.2, 0.25) is 6.41 Å². The molecule has 2 nitrogen and oxygen atoms in total. The second-order valence-corrected chi connectivity index (χ2v) is 3.95. The lowest BCUT2D eigenvalue weighted by atomic mass is 10.1. The van der Waals surface area contributed by atoms with E-state index in [0.717, 1.165) is 24.9 Å². The van der Waals surface area contributed by atoms with Crippen molar-refractivity contribution < 1.29 is 9.18 Å². The smallest absolute Gasteiger partial charge is 0.214 e. The predicted molar refractivity (Wildman–Crippen MR) is 64.2 cm³/mol. The first kappa shape index (κ1) is 12.7. The van der Waals surface area contributed by atoms with Gasteiger partial charge in [0.1, 0.15) is 6.67 Å². The number of benzene rings is 1. The topological polar surface area (TPSA) is 20.3 Å². The summed E-state index contributed by atoms with van der Waals surface area (Å²) in [5.41, 5.74) is 1.46. The Bertz CT molecular complexity index is 323. The maximum absolute atomic E-state index is 12.3. The molecule has 1 atom stereocenters. The second kappa shape index (κ2) is 6.26. The van der Waals surface area contributed by atoms with Crippen LogP contribution in [0.2, 0.25) is 0 Å².